The number of carbonyl (C=O) groups excluding carboxylic acids is 2. The van der Waals surface area contributed by atoms with E-state index in [1.54, 1.807) is 4.90 Å². The van der Waals surface area contributed by atoms with Gasteiger partial charge in [-0.15, -0.1) is 0 Å². The van der Waals surface area contributed by atoms with E-state index in [-0.39, 0.29) is 24.5 Å². The smallest absolute Gasteiger partial charge is 0.261 e. The van der Waals surface area contributed by atoms with Crippen LogP contribution >= 0.6 is 0 Å². The van der Waals surface area contributed by atoms with E-state index in [2.05, 4.69) is 11.4 Å². The van der Waals surface area contributed by atoms with Crippen molar-refractivity contribution in [2.45, 2.75) is 84.8 Å². The second-order valence-corrected chi connectivity index (χ2v) is 11.0. The van der Waals surface area contributed by atoms with Crippen LogP contribution in [-0.4, -0.2) is 35.4 Å². The summed E-state index contributed by atoms with van der Waals surface area (Å²) in [7, 11) is 0. The summed E-state index contributed by atoms with van der Waals surface area (Å²) in [5, 5.41) is 3.29. The summed E-state index contributed by atoms with van der Waals surface area (Å²) in [6.45, 7) is 8.33. The number of carbonyl (C=O) groups is 2. The largest absolute Gasteiger partial charge is 0.483 e. The minimum absolute atomic E-state index is 0.0891. The van der Waals surface area contributed by atoms with Crippen LogP contribution in [0.2, 0.25) is 0 Å². The average Bonchev–Trinajstić information content (AvgIpc) is 2.93. The molecule has 3 aromatic carbocycles. The van der Waals surface area contributed by atoms with Gasteiger partial charge in [0.05, 0.1) is 0 Å². The fraction of sp³-hybridized carbons (Fsp3) is 0.412. The summed E-state index contributed by atoms with van der Waals surface area (Å²) < 4.78 is 6.11. The Hall–Kier alpha value is -3.60. The molecule has 2 amide bonds. The normalized spacial score (nSPS) is 14.5. The molecule has 1 N–H and O–H groups in total. The van der Waals surface area contributed by atoms with Crippen molar-refractivity contribution in [3.8, 4) is 5.75 Å². The highest BCUT2D eigenvalue weighted by molar-refractivity contribution is 5.88. The van der Waals surface area contributed by atoms with Crippen molar-refractivity contribution in [3.05, 3.63) is 100 Å². The Morgan fingerprint density at radius 3 is 2.26 bits per heavy atom. The van der Waals surface area contributed by atoms with Gasteiger partial charge in [-0.2, -0.15) is 0 Å². The third kappa shape index (κ3) is 7.95. The molecule has 3 aromatic rings. The topological polar surface area (TPSA) is 58.6 Å². The second kappa shape index (κ2) is 13.5. The number of aryl methyl sites for hydroxylation is 3. The summed E-state index contributed by atoms with van der Waals surface area (Å²) in [6.07, 6.45) is 5.90. The van der Waals surface area contributed by atoms with Crippen LogP contribution in [0.1, 0.15) is 65.5 Å². The van der Waals surface area contributed by atoms with Crippen molar-refractivity contribution in [3.63, 3.8) is 0 Å². The lowest BCUT2D eigenvalue weighted by Gasteiger charge is -2.33. The van der Waals surface area contributed by atoms with Crippen molar-refractivity contribution in [2.24, 2.45) is 0 Å². The molecule has 0 aliphatic heterocycles. The summed E-state index contributed by atoms with van der Waals surface area (Å²) in [4.78, 5) is 29.5. The number of rotatable bonds is 10. The molecule has 0 heterocycles. The van der Waals surface area contributed by atoms with Crippen LogP contribution in [-0.2, 0) is 22.6 Å². The molecule has 39 heavy (non-hydrogen) atoms. The number of benzene rings is 3. The summed E-state index contributed by atoms with van der Waals surface area (Å²) >= 11 is 0. The standard InChI is InChI=1S/C34H42N2O3/c1-24-15-17-29(18-16-24)22-36(33(37)23-39-32-20-25(2)19-26(3)27(32)4)31(21-28-11-7-5-8-12-28)34(38)35-30-13-9-6-10-14-30/h5,7-8,11-12,15-20,30-31H,6,9-10,13-14,21-23H2,1-4H3,(H,35,38)/t31-/m1/s1. The minimum Gasteiger partial charge on any atom is -0.483 e. The number of amides is 2. The molecular weight excluding hydrogens is 484 g/mol. The zero-order chi connectivity index (χ0) is 27.8. The van der Waals surface area contributed by atoms with Gasteiger partial charge in [0, 0.05) is 19.0 Å². The first kappa shape index (κ1) is 28.4. The van der Waals surface area contributed by atoms with Crippen LogP contribution in [0.5, 0.6) is 5.75 Å². The van der Waals surface area contributed by atoms with E-state index in [4.69, 9.17) is 4.74 Å². The molecule has 0 spiro atoms. The highest BCUT2D eigenvalue weighted by Gasteiger charge is 2.32. The lowest BCUT2D eigenvalue weighted by atomic mass is 9.94. The van der Waals surface area contributed by atoms with Gasteiger partial charge in [0.2, 0.25) is 5.91 Å². The molecule has 0 aromatic heterocycles. The summed E-state index contributed by atoms with van der Waals surface area (Å²) in [5.74, 6) is 0.421. The van der Waals surface area contributed by atoms with E-state index in [9.17, 15) is 9.59 Å². The Morgan fingerprint density at radius 1 is 0.872 bits per heavy atom. The molecule has 206 valence electrons. The van der Waals surface area contributed by atoms with Crippen LogP contribution in [0, 0.1) is 27.7 Å². The number of nitrogens with zero attached hydrogens (tertiary/aromatic N) is 1. The summed E-state index contributed by atoms with van der Waals surface area (Å²) in [6, 6.07) is 21.7. The maximum absolute atomic E-state index is 13.9. The van der Waals surface area contributed by atoms with Crippen molar-refractivity contribution >= 4 is 11.8 Å². The Morgan fingerprint density at radius 2 is 1.56 bits per heavy atom. The molecule has 5 heteroatoms. The van der Waals surface area contributed by atoms with Gasteiger partial charge in [0.15, 0.2) is 6.61 Å². The molecule has 0 unspecified atom stereocenters. The fourth-order valence-electron chi connectivity index (χ4n) is 5.36. The minimum atomic E-state index is -0.646. The third-order valence-electron chi connectivity index (χ3n) is 7.81. The predicted molar refractivity (Wildman–Crippen MR) is 157 cm³/mol. The number of nitrogens with one attached hydrogen (secondary N) is 1. The first-order chi connectivity index (χ1) is 18.8. The lowest BCUT2D eigenvalue weighted by Crippen LogP contribution is -2.53. The molecule has 0 radical (unpaired) electrons. The third-order valence-corrected chi connectivity index (χ3v) is 7.81. The predicted octanol–water partition coefficient (Wildman–Crippen LogP) is 6.39. The van der Waals surface area contributed by atoms with Gasteiger partial charge < -0.3 is 15.0 Å². The first-order valence-electron chi connectivity index (χ1n) is 14.2. The Bertz CT molecular complexity index is 1250. The Balaban J connectivity index is 1.63. The van der Waals surface area contributed by atoms with Gasteiger partial charge in [-0.1, -0.05) is 85.5 Å². The van der Waals surface area contributed by atoms with Crippen LogP contribution in [0.3, 0.4) is 0 Å². The zero-order valence-corrected chi connectivity index (χ0v) is 23.8. The van der Waals surface area contributed by atoms with Gasteiger partial charge in [-0.05, 0) is 74.4 Å². The quantitative estimate of drug-likeness (QED) is 0.333. The average molecular weight is 527 g/mol. The molecule has 0 saturated heterocycles. The summed E-state index contributed by atoms with van der Waals surface area (Å²) in [5.41, 5.74) is 6.40. The maximum Gasteiger partial charge on any atom is 0.261 e. The first-order valence-corrected chi connectivity index (χ1v) is 14.2. The molecule has 1 fully saturated rings. The van der Waals surface area contributed by atoms with E-state index in [1.807, 2.05) is 88.4 Å². The Labute approximate surface area is 233 Å². The SMILES string of the molecule is Cc1ccc(CN(C(=O)COc2cc(C)cc(C)c2C)[C@H](Cc2ccccc2)C(=O)NC2CCCCC2)cc1. The number of ether oxygens (including phenoxy) is 1. The molecule has 4 rings (SSSR count). The van der Waals surface area contributed by atoms with Gasteiger partial charge in [-0.25, -0.2) is 0 Å². The molecular formula is C34H42N2O3. The fourth-order valence-corrected chi connectivity index (χ4v) is 5.36. The van der Waals surface area contributed by atoms with E-state index >= 15 is 0 Å². The van der Waals surface area contributed by atoms with Gasteiger partial charge >= 0.3 is 0 Å². The Kier molecular flexibility index (Phi) is 9.80. The lowest BCUT2D eigenvalue weighted by molar-refractivity contribution is -0.143. The van der Waals surface area contributed by atoms with E-state index < -0.39 is 6.04 Å². The molecule has 1 atom stereocenters. The monoisotopic (exact) mass is 526 g/mol. The van der Waals surface area contributed by atoms with Crippen molar-refractivity contribution in [1.29, 1.82) is 0 Å². The number of hydrogen-bond donors (Lipinski definition) is 1. The van der Waals surface area contributed by atoms with Crippen molar-refractivity contribution < 1.29 is 14.3 Å². The van der Waals surface area contributed by atoms with Gasteiger partial charge in [0.25, 0.3) is 5.91 Å². The van der Waals surface area contributed by atoms with E-state index in [0.717, 1.165) is 59.1 Å². The van der Waals surface area contributed by atoms with Gasteiger partial charge in [0.1, 0.15) is 11.8 Å². The molecule has 5 nitrogen and oxygen atoms in total. The van der Waals surface area contributed by atoms with Crippen LogP contribution < -0.4 is 10.1 Å². The van der Waals surface area contributed by atoms with Gasteiger partial charge in [-0.3, -0.25) is 9.59 Å². The maximum atomic E-state index is 13.9. The van der Waals surface area contributed by atoms with Crippen LogP contribution in [0.25, 0.3) is 0 Å². The van der Waals surface area contributed by atoms with E-state index in [1.165, 1.54) is 6.42 Å². The molecule has 1 aliphatic carbocycles. The van der Waals surface area contributed by atoms with Crippen LogP contribution in [0.4, 0.5) is 0 Å². The number of hydrogen-bond acceptors (Lipinski definition) is 3. The highest BCUT2D eigenvalue weighted by Crippen LogP contribution is 2.24. The highest BCUT2D eigenvalue weighted by atomic mass is 16.5. The zero-order valence-electron chi connectivity index (χ0n) is 23.8. The molecule has 1 aliphatic rings. The molecule has 1 saturated carbocycles. The van der Waals surface area contributed by atoms with Crippen LogP contribution in [0.15, 0.2) is 66.7 Å². The van der Waals surface area contributed by atoms with E-state index in [0.29, 0.717) is 18.7 Å². The van der Waals surface area contributed by atoms with Crippen molar-refractivity contribution in [2.75, 3.05) is 6.61 Å². The van der Waals surface area contributed by atoms with Crippen molar-refractivity contribution in [1.82, 2.24) is 10.2 Å². The second-order valence-electron chi connectivity index (χ2n) is 11.0. The molecule has 0 bridgehead atoms.